The van der Waals surface area contributed by atoms with E-state index in [1.54, 1.807) is 60.7 Å². The Morgan fingerprint density at radius 2 is 1.26 bits per heavy atom. The molecule has 0 atom stereocenters. The second-order valence-electron chi connectivity index (χ2n) is 4.75. The summed E-state index contributed by atoms with van der Waals surface area (Å²) in [5.74, 6) is -0.284. The van der Waals surface area contributed by atoms with Gasteiger partial charge in [-0.15, -0.1) is 4.91 Å². The lowest BCUT2D eigenvalue weighted by Crippen LogP contribution is -2.39. The molecule has 2 aromatic carbocycles. The van der Waals surface area contributed by atoms with Crippen LogP contribution in [0.1, 0.15) is 0 Å². The van der Waals surface area contributed by atoms with Crippen molar-refractivity contribution in [2.24, 2.45) is 5.18 Å². The van der Waals surface area contributed by atoms with Gasteiger partial charge < -0.3 is 5.73 Å². The van der Waals surface area contributed by atoms with Crippen LogP contribution in [0.4, 0.5) is 11.5 Å². The van der Waals surface area contributed by atoms with E-state index >= 15 is 0 Å². The van der Waals surface area contributed by atoms with Crippen LogP contribution in [0, 0.1) is 4.91 Å². The third kappa shape index (κ3) is 2.34. The molecule has 0 radical (unpaired) electrons. The Hall–Kier alpha value is -3.48. The average molecular weight is 308 g/mol. The van der Waals surface area contributed by atoms with Crippen molar-refractivity contribution in [2.75, 3.05) is 5.73 Å². The number of para-hydroxylation sites is 2. The molecule has 0 saturated heterocycles. The van der Waals surface area contributed by atoms with Gasteiger partial charge in [-0.1, -0.05) is 36.4 Å². The monoisotopic (exact) mass is 308 g/mol. The Balaban J connectivity index is 2.46. The van der Waals surface area contributed by atoms with E-state index in [1.807, 2.05) is 0 Å². The van der Waals surface area contributed by atoms with E-state index in [9.17, 15) is 14.5 Å². The van der Waals surface area contributed by atoms with Gasteiger partial charge in [0.15, 0.2) is 0 Å². The molecule has 114 valence electrons. The van der Waals surface area contributed by atoms with Crippen LogP contribution in [0.25, 0.3) is 11.4 Å². The molecule has 3 rings (SSSR count). The maximum atomic E-state index is 12.8. The van der Waals surface area contributed by atoms with Crippen molar-refractivity contribution < 1.29 is 0 Å². The lowest BCUT2D eigenvalue weighted by molar-refractivity contribution is 0.811. The van der Waals surface area contributed by atoms with Crippen molar-refractivity contribution in [2.45, 2.75) is 0 Å². The number of rotatable bonds is 3. The summed E-state index contributed by atoms with van der Waals surface area (Å²) in [7, 11) is 0. The topological polar surface area (TPSA) is 99.4 Å². The molecule has 7 nitrogen and oxygen atoms in total. The van der Waals surface area contributed by atoms with Gasteiger partial charge >= 0.3 is 5.69 Å². The summed E-state index contributed by atoms with van der Waals surface area (Å²) >= 11 is 0. The Bertz CT molecular complexity index is 976. The van der Waals surface area contributed by atoms with Crippen molar-refractivity contribution in [3.8, 4) is 11.4 Å². The smallest absolute Gasteiger partial charge is 0.341 e. The molecule has 0 fully saturated rings. The summed E-state index contributed by atoms with van der Waals surface area (Å²) in [5, 5.41) is 2.72. The summed E-state index contributed by atoms with van der Waals surface area (Å²) in [6, 6.07) is 16.8. The number of hydrogen-bond donors (Lipinski definition) is 1. The number of nitrogens with two attached hydrogens (primary N) is 1. The lowest BCUT2D eigenvalue weighted by Gasteiger charge is -2.14. The van der Waals surface area contributed by atoms with Crippen LogP contribution in [-0.4, -0.2) is 9.13 Å². The van der Waals surface area contributed by atoms with Gasteiger partial charge in [-0.3, -0.25) is 4.79 Å². The zero-order valence-electron chi connectivity index (χ0n) is 11.9. The summed E-state index contributed by atoms with van der Waals surface area (Å²) in [4.78, 5) is 36.3. The van der Waals surface area contributed by atoms with Crippen molar-refractivity contribution in [3.05, 3.63) is 86.4 Å². The summed E-state index contributed by atoms with van der Waals surface area (Å²) in [6.07, 6.45) is 0. The first kappa shape index (κ1) is 14.5. The van der Waals surface area contributed by atoms with Crippen LogP contribution < -0.4 is 17.0 Å². The van der Waals surface area contributed by atoms with Gasteiger partial charge in [0, 0.05) is 0 Å². The van der Waals surface area contributed by atoms with E-state index < -0.39 is 16.9 Å². The minimum absolute atomic E-state index is 0.284. The van der Waals surface area contributed by atoms with Gasteiger partial charge in [0.25, 0.3) is 5.56 Å². The number of hydrogen-bond acceptors (Lipinski definition) is 5. The summed E-state index contributed by atoms with van der Waals surface area (Å²) < 4.78 is 1.96. The number of nitrogens with zero attached hydrogens (tertiary/aromatic N) is 3. The largest absolute Gasteiger partial charge is 0.383 e. The molecular weight excluding hydrogens is 296 g/mol. The predicted molar refractivity (Wildman–Crippen MR) is 87.5 cm³/mol. The standard InChI is InChI=1S/C16H12N4O3/c17-14-13(18-23)15(21)20(12-9-5-2-6-10-12)16(22)19(14)11-7-3-1-4-8-11/h1-10H,17H2. The van der Waals surface area contributed by atoms with E-state index in [0.717, 1.165) is 9.13 Å². The molecular formula is C16H12N4O3. The minimum Gasteiger partial charge on any atom is -0.383 e. The van der Waals surface area contributed by atoms with Crippen LogP contribution in [0.2, 0.25) is 0 Å². The second kappa shape index (κ2) is 5.72. The number of nitrogen functional groups attached to an aromatic ring is 1. The van der Waals surface area contributed by atoms with E-state index in [1.165, 1.54) is 0 Å². The molecule has 2 N–H and O–H groups in total. The van der Waals surface area contributed by atoms with Crippen LogP contribution in [0.3, 0.4) is 0 Å². The Labute approximate surface area is 130 Å². The lowest BCUT2D eigenvalue weighted by atomic mass is 10.3. The van der Waals surface area contributed by atoms with Crippen molar-refractivity contribution in [3.63, 3.8) is 0 Å². The normalized spacial score (nSPS) is 10.4. The van der Waals surface area contributed by atoms with Gasteiger partial charge in [0.1, 0.15) is 5.82 Å². The van der Waals surface area contributed by atoms with Gasteiger partial charge in [-0.2, -0.15) is 0 Å². The molecule has 0 aliphatic rings. The molecule has 0 amide bonds. The Morgan fingerprint density at radius 1 is 0.783 bits per heavy atom. The van der Waals surface area contributed by atoms with Crippen LogP contribution in [0.5, 0.6) is 0 Å². The predicted octanol–water partition coefficient (Wildman–Crippen LogP) is 1.97. The Kier molecular flexibility index (Phi) is 3.60. The highest BCUT2D eigenvalue weighted by atomic mass is 16.3. The molecule has 0 saturated carbocycles. The molecule has 0 aliphatic carbocycles. The van der Waals surface area contributed by atoms with E-state index in [0.29, 0.717) is 11.4 Å². The number of benzene rings is 2. The molecule has 1 heterocycles. The zero-order valence-corrected chi connectivity index (χ0v) is 11.9. The van der Waals surface area contributed by atoms with Gasteiger partial charge in [0.05, 0.1) is 11.4 Å². The fourth-order valence-corrected chi connectivity index (χ4v) is 2.33. The third-order valence-electron chi connectivity index (χ3n) is 3.39. The van der Waals surface area contributed by atoms with E-state index in [2.05, 4.69) is 5.18 Å². The Morgan fingerprint density at radius 3 is 1.74 bits per heavy atom. The van der Waals surface area contributed by atoms with Crippen LogP contribution >= 0.6 is 0 Å². The van der Waals surface area contributed by atoms with Gasteiger partial charge in [-0.05, 0) is 29.4 Å². The third-order valence-corrected chi connectivity index (χ3v) is 3.39. The van der Waals surface area contributed by atoms with E-state index in [4.69, 9.17) is 5.73 Å². The quantitative estimate of drug-likeness (QED) is 0.748. The van der Waals surface area contributed by atoms with Crippen molar-refractivity contribution in [1.82, 2.24) is 9.13 Å². The molecule has 7 heteroatoms. The highest BCUT2D eigenvalue weighted by Gasteiger charge is 2.19. The summed E-state index contributed by atoms with van der Waals surface area (Å²) in [5.41, 5.74) is 4.58. The first-order valence-corrected chi connectivity index (χ1v) is 6.77. The first-order chi connectivity index (χ1) is 11.1. The van der Waals surface area contributed by atoms with Crippen molar-refractivity contribution in [1.29, 1.82) is 0 Å². The SMILES string of the molecule is Nc1c(N=O)c(=O)n(-c2ccccc2)c(=O)n1-c1ccccc1. The maximum Gasteiger partial charge on any atom is 0.341 e. The number of nitroso groups, excluding NO2 is 1. The minimum atomic E-state index is -0.846. The number of anilines is 1. The second-order valence-corrected chi connectivity index (χ2v) is 4.75. The molecule has 0 spiro atoms. The molecule has 1 aromatic heterocycles. The fraction of sp³-hybridized carbons (Fsp3) is 0. The van der Waals surface area contributed by atoms with Crippen LogP contribution in [0.15, 0.2) is 75.4 Å². The average Bonchev–Trinajstić information content (AvgIpc) is 2.57. The molecule has 0 bridgehead atoms. The highest BCUT2D eigenvalue weighted by molar-refractivity contribution is 5.60. The first-order valence-electron chi connectivity index (χ1n) is 6.77. The maximum absolute atomic E-state index is 12.8. The van der Waals surface area contributed by atoms with Crippen molar-refractivity contribution >= 4 is 11.5 Å². The summed E-state index contributed by atoms with van der Waals surface area (Å²) in [6.45, 7) is 0. The molecule has 0 aliphatic heterocycles. The van der Waals surface area contributed by atoms with Gasteiger partial charge in [-0.25, -0.2) is 13.9 Å². The van der Waals surface area contributed by atoms with Crippen LogP contribution in [-0.2, 0) is 0 Å². The molecule has 23 heavy (non-hydrogen) atoms. The number of aromatic nitrogens is 2. The zero-order chi connectivity index (χ0) is 16.4. The molecule has 3 aromatic rings. The van der Waals surface area contributed by atoms with Gasteiger partial charge in [0.2, 0.25) is 5.69 Å². The van der Waals surface area contributed by atoms with E-state index in [-0.39, 0.29) is 5.82 Å². The fourth-order valence-electron chi connectivity index (χ4n) is 2.33. The highest BCUT2D eigenvalue weighted by Crippen LogP contribution is 2.19. The molecule has 0 unspecified atom stereocenters.